The van der Waals surface area contributed by atoms with Crippen LogP contribution in [0.1, 0.15) is 31.9 Å². The van der Waals surface area contributed by atoms with Crippen molar-refractivity contribution in [2.24, 2.45) is 0 Å². The average Bonchev–Trinajstić information content (AvgIpc) is 2.36. The van der Waals surface area contributed by atoms with Crippen LogP contribution in [0.15, 0.2) is 24.3 Å². The van der Waals surface area contributed by atoms with Crippen molar-refractivity contribution in [1.29, 1.82) is 0 Å². The van der Waals surface area contributed by atoms with Crippen LogP contribution in [0.2, 0.25) is 5.02 Å². The van der Waals surface area contributed by atoms with Gasteiger partial charge in [-0.25, -0.2) is 0 Å². The molecule has 0 radical (unpaired) electrons. The van der Waals surface area contributed by atoms with Gasteiger partial charge in [0.2, 0.25) is 0 Å². The van der Waals surface area contributed by atoms with Gasteiger partial charge in [0.15, 0.2) is 5.11 Å². The van der Waals surface area contributed by atoms with Crippen LogP contribution in [-0.2, 0) is 4.79 Å². The number of hydrazine groups is 1. The Morgan fingerprint density at radius 2 is 1.95 bits per heavy atom. The molecule has 0 bridgehead atoms. The summed E-state index contributed by atoms with van der Waals surface area (Å²) in [5.74, 6) is -0.301. The second-order valence-electron chi connectivity index (χ2n) is 5.66. The lowest BCUT2D eigenvalue weighted by atomic mass is 10.1. The van der Waals surface area contributed by atoms with E-state index >= 15 is 0 Å². The summed E-state index contributed by atoms with van der Waals surface area (Å²) in [5, 5.41) is 4.06. The highest BCUT2D eigenvalue weighted by Gasteiger charge is 2.10. The van der Waals surface area contributed by atoms with Gasteiger partial charge in [0.25, 0.3) is 5.91 Å². The molecule has 0 aliphatic heterocycles. The minimum absolute atomic E-state index is 0.163. The number of rotatable bonds is 2. The van der Waals surface area contributed by atoms with E-state index in [9.17, 15) is 4.79 Å². The molecule has 0 spiro atoms. The molecule has 0 fully saturated rings. The molecule has 114 valence electrons. The van der Waals surface area contributed by atoms with Gasteiger partial charge in [-0.2, -0.15) is 0 Å². The number of carbonyl (C=O) groups is 1. The third-order valence-electron chi connectivity index (χ3n) is 2.41. The summed E-state index contributed by atoms with van der Waals surface area (Å²) in [7, 11) is 0. The van der Waals surface area contributed by atoms with E-state index in [0.29, 0.717) is 10.1 Å². The summed E-state index contributed by atoms with van der Waals surface area (Å²) < 4.78 is 0. The smallest absolute Gasteiger partial charge is 0.262 e. The maximum atomic E-state index is 11.7. The quantitative estimate of drug-likeness (QED) is 0.444. The minimum Gasteiger partial charge on any atom is -0.357 e. The Bertz CT molecular complexity index is 565. The Morgan fingerprint density at radius 1 is 1.29 bits per heavy atom. The number of hydrogen-bond donors (Lipinski definition) is 3. The SMILES string of the molecule is Cc1ccc(/C=C/C(=O)NNC(=S)NC(C)(C)C)cc1Cl. The normalized spacial score (nSPS) is 11.3. The predicted molar refractivity (Wildman–Crippen MR) is 92.0 cm³/mol. The number of nitrogens with one attached hydrogen (secondary N) is 3. The fraction of sp³-hybridized carbons (Fsp3) is 0.333. The summed E-state index contributed by atoms with van der Waals surface area (Å²) in [6.45, 7) is 7.85. The van der Waals surface area contributed by atoms with Crippen LogP contribution in [0.3, 0.4) is 0 Å². The summed E-state index contributed by atoms with van der Waals surface area (Å²) in [5.41, 5.74) is 6.82. The number of aryl methyl sites for hydroxylation is 1. The van der Waals surface area contributed by atoms with Crippen molar-refractivity contribution in [2.45, 2.75) is 33.2 Å². The highest BCUT2D eigenvalue weighted by molar-refractivity contribution is 7.80. The van der Waals surface area contributed by atoms with Crippen molar-refractivity contribution < 1.29 is 4.79 Å². The standard InChI is InChI=1S/C15H20ClN3OS/c1-10-5-6-11(9-12(10)16)7-8-13(20)18-19-14(21)17-15(2,3)4/h5-9H,1-4H3,(H,18,20)(H2,17,19,21)/b8-7+. The molecule has 1 aromatic rings. The maximum Gasteiger partial charge on any atom is 0.262 e. The average molecular weight is 326 g/mol. The first-order valence-electron chi connectivity index (χ1n) is 6.50. The van der Waals surface area contributed by atoms with Crippen molar-refractivity contribution in [3.8, 4) is 0 Å². The summed E-state index contributed by atoms with van der Waals surface area (Å²) in [4.78, 5) is 11.7. The first kappa shape index (κ1) is 17.5. The lowest BCUT2D eigenvalue weighted by Gasteiger charge is -2.22. The van der Waals surface area contributed by atoms with E-state index in [0.717, 1.165) is 11.1 Å². The van der Waals surface area contributed by atoms with Crippen molar-refractivity contribution in [3.05, 3.63) is 40.4 Å². The van der Waals surface area contributed by atoms with Gasteiger partial charge in [-0.05, 0) is 63.2 Å². The Hall–Kier alpha value is -1.59. The Morgan fingerprint density at radius 3 is 2.52 bits per heavy atom. The zero-order valence-electron chi connectivity index (χ0n) is 12.6. The van der Waals surface area contributed by atoms with Gasteiger partial charge in [0, 0.05) is 16.6 Å². The van der Waals surface area contributed by atoms with Crippen molar-refractivity contribution >= 4 is 40.9 Å². The van der Waals surface area contributed by atoms with Gasteiger partial charge < -0.3 is 5.32 Å². The van der Waals surface area contributed by atoms with Crippen LogP contribution in [0.4, 0.5) is 0 Å². The molecule has 3 N–H and O–H groups in total. The fourth-order valence-corrected chi connectivity index (χ4v) is 1.96. The van der Waals surface area contributed by atoms with E-state index < -0.39 is 0 Å². The molecule has 0 atom stereocenters. The Kier molecular flexibility index (Phi) is 6.18. The second-order valence-corrected chi connectivity index (χ2v) is 6.48. The first-order chi connectivity index (χ1) is 9.67. The van der Waals surface area contributed by atoms with E-state index in [1.54, 1.807) is 12.1 Å². The van der Waals surface area contributed by atoms with Crippen LogP contribution >= 0.6 is 23.8 Å². The minimum atomic E-state index is -0.301. The predicted octanol–water partition coefficient (Wildman–Crippen LogP) is 2.96. The molecule has 0 unspecified atom stereocenters. The van der Waals surface area contributed by atoms with Crippen LogP contribution < -0.4 is 16.2 Å². The van der Waals surface area contributed by atoms with Gasteiger partial charge in [0.05, 0.1) is 0 Å². The Labute approximate surface area is 135 Å². The van der Waals surface area contributed by atoms with Crippen LogP contribution in [-0.4, -0.2) is 16.6 Å². The highest BCUT2D eigenvalue weighted by atomic mass is 35.5. The highest BCUT2D eigenvalue weighted by Crippen LogP contribution is 2.17. The molecular formula is C15H20ClN3OS. The summed E-state index contributed by atoms with van der Waals surface area (Å²) in [6, 6.07) is 5.60. The molecule has 1 amide bonds. The molecule has 4 nitrogen and oxygen atoms in total. The van der Waals surface area contributed by atoms with E-state index in [1.807, 2.05) is 39.8 Å². The van der Waals surface area contributed by atoms with E-state index in [1.165, 1.54) is 6.08 Å². The number of hydrogen-bond acceptors (Lipinski definition) is 2. The lowest BCUT2D eigenvalue weighted by Crippen LogP contribution is -2.51. The molecule has 0 saturated heterocycles. The van der Waals surface area contributed by atoms with E-state index in [-0.39, 0.29) is 11.4 Å². The molecule has 6 heteroatoms. The van der Waals surface area contributed by atoms with Gasteiger partial charge in [-0.1, -0.05) is 23.7 Å². The zero-order chi connectivity index (χ0) is 16.0. The molecule has 1 rings (SSSR count). The van der Waals surface area contributed by atoms with Gasteiger partial charge in [-0.15, -0.1) is 0 Å². The monoisotopic (exact) mass is 325 g/mol. The van der Waals surface area contributed by atoms with Crippen molar-refractivity contribution in [1.82, 2.24) is 16.2 Å². The van der Waals surface area contributed by atoms with Crippen molar-refractivity contribution in [2.75, 3.05) is 0 Å². The van der Waals surface area contributed by atoms with E-state index in [2.05, 4.69) is 16.2 Å². The number of halogens is 1. The topological polar surface area (TPSA) is 53.2 Å². The summed E-state index contributed by atoms with van der Waals surface area (Å²) in [6.07, 6.45) is 3.09. The van der Waals surface area contributed by atoms with Gasteiger partial charge in [-0.3, -0.25) is 15.6 Å². The molecular weight excluding hydrogens is 306 g/mol. The molecule has 0 aliphatic rings. The maximum absolute atomic E-state index is 11.7. The third-order valence-corrected chi connectivity index (χ3v) is 3.02. The second kappa shape index (κ2) is 7.43. The Balaban J connectivity index is 2.48. The first-order valence-corrected chi connectivity index (χ1v) is 7.28. The number of benzene rings is 1. The van der Waals surface area contributed by atoms with Crippen LogP contribution in [0.5, 0.6) is 0 Å². The zero-order valence-corrected chi connectivity index (χ0v) is 14.2. The van der Waals surface area contributed by atoms with E-state index in [4.69, 9.17) is 23.8 Å². The van der Waals surface area contributed by atoms with Crippen molar-refractivity contribution in [3.63, 3.8) is 0 Å². The molecule has 1 aromatic carbocycles. The molecule has 21 heavy (non-hydrogen) atoms. The molecule has 0 heterocycles. The molecule has 0 saturated carbocycles. The van der Waals surface area contributed by atoms with Gasteiger partial charge in [0.1, 0.15) is 0 Å². The molecule has 0 aromatic heterocycles. The number of amides is 1. The number of carbonyl (C=O) groups excluding carboxylic acids is 1. The molecule has 0 aliphatic carbocycles. The fourth-order valence-electron chi connectivity index (χ4n) is 1.42. The van der Waals surface area contributed by atoms with Gasteiger partial charge >= 0.3 is 0 Å². The van der Waals surface area contributed by atoms with Crippen LogP contribution in [0, 0.1) is 6.92 Å². The van der Waals surface area contributed by atoms with Crippen LogP contribution in [0.25, 0.3) is 6.08 Å². The summed E-state index contributed by atoms with van der Waals surface area (Å²) >= 11 is 11.1. The number of thiocarbonyl (C=S) groups is 1. The largest absolute Gasteiger partial charge is 0.357 e. The third kappa shape index (κ3) is 7.11. The lowest BCUT2D eigenvalue weighted by molar-refractivity contribution is -0.117.